The molecule has 0 amide bonds. The normalized spacial score (nSPS) is 9.75. The van der Waals surface area contributed by atoms with Crippen LogP contribution in [-0.4, -0.2) is 13.6 Å². The molecule has 0 rings (SSSR count). The van der Waals surface area contributed by atoms with Gasteiger partial charge < -0.3 is 0 Å². The number of hydrogen-bond donors (Lipinski definition) is 3. The number of unbranched alkanes of at least 4 members (excludes halogenated alkanes) is 1. The summed E-state index contributed by atoms with van der Waals surface area (Å²) in [4.78, 5) is 0. The standard InChI is InChI=1S/C5H15N3/c1-3-4-5-7-8-6-2/h6-8H,3-5H2,1-2H3. The minimum absolute atomic E-state index is 1.03. The van der Waals surface area contributed by atoms with Crippen molar-refractivity contribution in [3.8, 4) is 0 Å². The molecule has 0 aromatic heterocycles. The van der Waals surface area contributed by atoms with Crippen LogP contribution in [-0.2, 0) is 0 Å². The average Bonchev–Trinajstić information content (AvgIpc) is 1.81. The summed E-state index contributed by atoms with van der Waals surface area (Å²) in [5.74, 6) is 0. The van der Waals surface area contributed by atoms with Crippen molar-refractivity contribution >= 4 is 0 Å². The fourth-order valence-electron chi connectivity index (χ4n) is 0.416. The van der Waals surface area contributed by atoms with Gasteiger partial charge in [0.25, 0.3) is 0 Å². The van der Waals surface area contributed by atoms with E-state index in [1.54, 1.807) is 0 Å². The Labute approximate surface area is 50.8 Å². The second-order valence-corrected chi connectivity index (χ2v) is 1.66. The maximum absolute atomic E-state index is 2.97. The Balaban J connectivity index is 2.53. The summed E-state index contributed by atoms with van der Waals surface area (Å²) in [6.07, 6.45) is 2.45. The lowest BCUT2D eigenvalue weighted by Gasteiger charge is -2.01. The summed E-state index contributed by atoms with van der Waals surface area (Å²) >= 11 is 0. The van der Waals surface area contributed by atoms with Gasteiger partial charge in [0.15, 0.2) is 0 Å². The van der Waals surface area contributed by atoms with E-state index in [0.717, 1.165) is 6.54 Å². The van der Waals surface area contributed by atoms with Crippen LogP contribution in [0.2, 0.25) is 0 Å². The lowest BCUT2D eigenvalue weighted by atomic mass is 10.3. The first-order valence-corrected chi connectivity index (χ1v) is 3.06. The monoisotopic (exact) mass is 117 g/mol. The molecule has 0 aromatic rings. The molecule has 0 spiro atoms. The van der Waals surface area contributed by atoms with Crippen molar-refractivity contribution in [2.24, 2.45) is 0 Å². The highest BCUT2D eigenvalue weighted by atomic mass is 15.6. The largest absolute Gasteiger partial charge is 0.247 e. The second-order valence-electron chi connectivity index (χ2n) is 1.66. The summed E-state index contributed by atoms with van der Waals surface area (Å²) in [5.41, 5.74) is 8.52. The van der Waals surface area contributed by atoms with Crippen LogP contribution in [0.3, 0.4) is 0 Å². The molecule has 3 nitrogen and oxygen atoms in total. The third-order valence-corrected chi connectivity index (χ3v) is 0.869. The first kappa shape index (κ1) is 7.88. The predicted molar refractivity (Wildman–Crippen MR) is 35.1 cm³/mol. The smallest absolute Gasteiger partial charge is 0.0113 e. The van der Waals surface area contributed by atoms with Gasteiger partial charge in [-0.3, -0.25) is 0 Å². The average molecular weight is 117 g/mol. The Morgan fingerprint density at radius 2 is 2.12 bits per heavy atom. The molecule has 0 aliphatic heterocycles. The quantitative estimate of drug-likeness (QED) is 0.351. The lowest BCUT2D eigenvalue weighted by Crippen LogP contribution is -2.41. The highest BCUT2D eigenvalue weighted by Crippen LogP contribution is 1.79. The Bertz CT molecular complexity index is 32.7. The van der Waals surface area contributed by atoms with Gasteiger partial charge in [0.2, 0.25) is 0 Å². The van der Waals surface area contributed by atoms with Crippen molar-refractivity contribution in [1.82, 2.24) is 16.4 Å². The van der Waals surface area contributed by atoms with Crippen molar-refractivity contribution in [3.63, 3.8) is 0 Å². The van der Waals surface area contributed by atoms with Crippen molar-refractivity contribution in [1.29, 1.82) is 0 Å². The molecule has 3 heteroatoms. The van der Waals surface area contributed by atoms with E-state index in [1.165, 1.54) is 12.8 Å². The maximum Gasteiger partial charge on any atom is 0.0113 e. The van der Waals surface area contributed by atoms with Crippen molar-refractivity contribution in [2.45, 2.75) is 19.8 Å². The van der Waals surface area contributed by atoms with Gasteiger partial charge in [-0.15, -0.1) is 0 Å². The summed E-state index contributed by atoms with van der Waals surface area (Å²) in [6, 6.07) is 0. The van der Waals surface area contributed by atoms with Crippen LogP contribution >= 0.6 is 0 Å². The highest BCUT2D eigenvalue weighted by Gasteiger charge is 1.78. The Kier molecular flexibility index (Phi) is 6.78. The van der Waals surface area contributed by atoms with Crippen LogP contribution < -0.4 is 16.4 Å². The van der Waals surface area contributed by atoms with Crippen LogP contribution in [0.25, 0.3) is 0 Å². The van der Waals surface area contributed by atoms with E-state index in [0.29, 0.717) is 0 Å². The van der Waals surface area contributed by atoms with Crippen LogP contribution in [0.15, 0.2) is 0 Å². The van der Waals surface area contributed by atoms with E-state index in [1.807, 2.05) is 7.05 Å². The molecule has 50 valence electrons. The van der Waals surface area contributed by atoms with Crippen molar-refractivity contribution in [2.75, 3.05) is 13.6 Å². The van der Waals surface area contributed by atoms with Crippen LogP contribution in [0.1, 0.15) is 19.8 Å². The zero-order valence-electron chi connectivity index (χ0n) is 5.62. The summed E-state index contributed by atoms with van der Waals surface area (Å²) < 4.78 is 0. The van der Waals surface area contributed by atoms with Gasteiger partial charge in [0, 0.05) is 6.54 Å². The minimum Gasteiger partial charge on any atom is -0.247 e. The summed E-state index contributed by atoms with van der Waals surface area (Å²) in [5, 5.41) is 0. The zero-order valence-corrected chi connectivity index (χ0v) is 5.62. The van der Waals surface area contributed by atoms with E-state index in [2.05, 4.69) is 23.3 Å². The molecule has 0 heterocycles. The van der Waals surface area contributed by atoms with Crippen LogP contribution in [0.5, 0.6) is 0 Å². The van der Waals surface area contributed by atoms with Gasteiger partial charge in [0.05, 0.1) is 0 Å². The van der Waals surface area contributed by atoms with E-state index in [9.17, 15) is 0 Å². The first-order chi connectivity index (χ1) is 3.91. The fraction of sp³-hybridized carbons (Fsp3) is 1.00. The predicted octanol–water partition coefficient (Wildman–Crippen LogP) is 0.0151. The lowest BCUT2D eigenvalue weighted by molar-refractivity contribution is 0.462. The van der Waals surface area contributed by atoms with Crippen LogP contribution in [0, 0.1) is 0 Å². The molecule has 0 aliphatic rings. The van der Waals surface area contributed by atoms with E-state index in [-0.39, 0.29) is 0 Å². The Morgan fingerprint density at radius 1 is 1.38 bits per heavy atom. The molecule has 0 saturated heterocycles. The molecule has 0 radical (unpaired) electrons. The number of hydrazine groups is 2. The Hall–Kier alpha value is -0.120. The molecule has 0 fully saturated rings. The van der Waals surface area contributed by atoms with E-state index in [4.69, 9.17) is 0 Å². The minimum atomic E-state index is 1.03. The number of rotatable bonds is 5. The van der Waals surface area contributed by atoms with Gasteiger partial charge in [-0.05, 0) is 13.5 Å². The second kappa shape index (κ2) is 6.88. The van der Waals surface area contributed by atoms with Crippen molar-refractivity contribution < 1.29 is 0 Å². The molecule has 0 aliphatic carbocycles. The number of hydrogen-bond acceptors (Lipinski definition) is 3. The maximum atomic E-state index is 2.97. The van der Waals surface area contributed by atoms with Crippen molar-refractivity contribution in [3.05, 3.63) is 0 Å². The third-order valence-electron chi connectivity index (χ3n) is 0.869. The SMILES string of the molecule is CCCCNNNC. The van der Waals surface area contributed by atoms with Gasteiger partial charge in [-0.25, -0.2) is 10.9 Å². The molecule has 0 aromatic carbocycles. The molecule has 3 N–H and O–H groups in total. The zero-order chi connectivity index (χ0) is 6.24. The summed E-state index contributed by atoms with van der Waals surface area (Å²) in [6.45, 7) is 3.19. The van der Waals surface area contributed by atoms with Gasteiger partial charge in [0.1, 0.15) is 0 Å². The molecular weight excluding hydrogens is 102 g/mol. The van der Waals surface area contributed by atoms with E-state index >= 15 is 0 Å². The van der Waals surface area contributed by atoms with Gasteiger partial charge in [-0.2, -0.15) is 5.53 Å². The van der Waals surface area contributed by atoms with Gasteiger partial charge in [-0.1, -0.05) is 13.3 Å². The molecule has 0 saturated carbocycles. The van der Waals surface area contributed by atoms with Gasteiger partial charge >= 0.3 is 0 Å². The highest BCUT2D eigenvalue weighted by molar-refractivity contribution is 4.35. The van der Waals surface area contributed by atoms with E-state index < -0.39 is 0 Å². The number of nitrogens with one attached hydrogen (secondary N) is 3. The third kappa shape index (κ3) is 5.88. The van der Waals surface area contributed by atoms with Crippen LogP contribution in [0.4, 0.5) is 0 Å². The molecule has 0 bridgehead atoms. The summed E-state index contributed by atoms with van der Waals surface area (Å²) in [7, 11) is 1.83. The molecular formula is C5H15N3. The molecule has 0 atom stereocenters. The fourth-order valence-corrected chi connectivity index (χ4v) is 0.416. The first-order valence-electron chi connectivity index (χ1n) is 3.06. The topological polar surface area (TPSA) is 36.1 Å². The Morgan fingerprint density at radius 3 is 2.62 bits per heavy atom. The molecule has 8 heavy (non-hydrogen) atoms. The molecule has 0 unspecified atom stereocenters.